The van der Waals surface area contributed by atoms with E-state index in [0.717, 1.165) is 36.3 Å². The lowest BCUT2D eigenvalue weighted by Crippen LogP contribution is -2.06. The van der Waals surface area contributed by atoms with Crippen LogP contribution in [0.1, 0.15) is 12.8 Å². The Hall–Kier alpha value is -1.80. The second-order valence-corrected chi connectivity index (χ2v) is 5.51. The fraction of sp³-hybridized carbons (Fsp3) is 0.267. The van der Waals surface area contributed by atoms with E-state index in [1.165, 1.54) is 6.33 Å². The molecule has 10 heteroatoms. The standard InChI is InChI=1S/C15H18ClN7.2ClH/c16-10-4-3-5-11(8-10)21-13-12-14(18-7-2-1-6-17)22-23-15(12)20-9-19-13;;/h3-5,8-9H,1-2,6-7,17H2,(H3,18,19,20,21,22,23);2*1H. The molecule has 2 heterocycles. The van der Waals surface area contributed by atoms with E-state index in [9.17, 15) is 0 Å². The van der Waals surface area contributed by atoms with Crippen molar-refractivity contribution in [1.29, 1.82) is 0 Å². The summed E-state index contributed by atoms with van der Waals surface area (Å²) in [6.07, 6.45) is 3.45. The number of unbranched alkanes of at least 4 members (excludes halogenated alkanes) is 1. The fourth-order valence-corrected chi connectivity index (χ4v) is 2.45. The molecular formula is C15H20Cl3N7. The Morgan fingerprint density at radius 3 is 2.72 bits per heavy atom. The number of fused-ring (bicyclic) bond motifs is 1. The summed E-state index contributed by atoms with van der Waals surface area (Å²) in [6.45, 7) is 1.48. The lowest BCUT2D eigenvalue weighted by molar-refractivity contribution is 0.772. The van der Waals surface area contributed by atoms with Crippen LogP contribution >= 0.6 is 36.4 Å². The quantitative estimate of drug-likeness (QED) is 0.447. The molecule has 3 rings (SSSR count). The number of rotatable bonds is 7. The Morgan fingerprint density at radius 1 is 1.12 bits per heavy atom. The van der Waals surface area contributed by atoms with Crippen molar-refractivity contribution >= 4 is 64.8 Å². The van der Waals surface area contributed by atoms with Crippen molar-refractivity contribution in [3.8, 4) is 0 Å². The summed E-state index contributed by atoms with van der Waals surface area (Å²) in [5.41, 5.74) is 7.04. The lowest BCUT2D eigenvalue weighted by Gasteiger charge is -2.08. The Kier molecular flexibility index (Phi) is 8.71. The van der Waals surface area contributed by atoms with Gasteiger partial charge in [-0.1, -0.05) is 17.7 Å². The van der Waals surface area contributed by atoms with Crippen LogP contribution in [0.5, 0.6) is 0 Å². The second-order valence-electron chi connectivity index (χ2n) is 5.08. The van der Waals surface area contributed by atoms with Gasteiger partial charge in [0.05, 0.1) is 0 Å². The molecule has 25 heavy (non-hydrogen) atoms. The maximum absolute atomic E-state index is 6.02. The van der Waals surface area contributed by atoms with E-state index >= 15 is 0 Å². The SMILES string of the molecule is Cl.Cl.NCCCCNc1n[nH]c2ncnc(Nc3cccc(Cl)c3)c12. The third kappa shape index (κ3) is 5.34. The van der Waals surface area contributed by atoms with Crippen LogP contribution in [0.3, 0.4) is 0 Å². The van der Waals surface area contributed by atoms with E-state index in [1.807, 2.05) is 24.3 Å². The molecule has 0 aliphatic carbocycles. The number of nitrogens with zero attached hydrogens (tertiary/aromatic N) is 3. The zero-order valence-corrected chi connectivity index (χ0v) is 15.7. The molecule has 1 aromatic carbocycles. The molecule has 5 N–H and O–H groups in total. The van der Waals surface area contributed by atoms with E-state index in [0.29, 0.717) is 23.0 Å². The first-order valence-corrected chi connectivity index (χ1v) is 7.81. The molecule has 0 amide bonds. The minimum atomic E-state index is 0. The monoisotopic (exact) mass is 403 g/mol. The Labute approximate surface area is 163 Å². The van der Waals surface area contributed by atoms with E-state index < -0.39 is 0 Å². The zero-order valence-electron chi connectivity index (χ0n) is 13.3. The average Bonchev–Trinajstić information content (AvgIpc) is 2.96. The van der Waals surface area contributed by atoms with Gasteiger partial charge >= 0.3 is 0 Å². The van der Waals surface area contributed by atoms with Gasteiger partial charge < -0.3 is 16.4 Å². The van der Waals surface area contributed by atoms with Crippen LogP contribution in [0.25, 0.3) is 11.0 Å². The predicted octanol–water partition coefficient (Wildman–Crippen LogP) is 3.74. The van der Waals surface area contributed by atoms with Crippen LogP contribution in [0.2, 0.25) is 5.02 Å². The molecule has 0 spiro atoms. The van der Waals surface area contributed by atoms with E-state index in [1.54, 1.807) is 0 Å². The third-order valence-corrected chi connectivity index (χ3v) is 3.60. The molecule has 0 aliphatic rings. The first kappa shape index (κ1) is 21.2. The minimum absolute atomic E-state index is 0. The Bertz CT molecular complexity index is 794. The molecule has 3 aromatic rings. The van der Waals surface area contributed by atoms with Gasteiger partial charge in [0.1, 0.15) is 17.5 Å². The van der Waals surface area contributed by atoms with Gasteiger partial charge in [0, 0.05) is 17.3 Å². The first-order chi connectivity index (χ1) is 11.3. The van der Waals surface area contributed by atoms with E-state index in [-0.39, 0.29) is 24.8 Å². The number of H-pyrrole nitrogens is 1. The molecule has 0 bridgehead atoms. The van der Waals surface area contributed by atoms with Crippen molar-refractivity contribution in [2.75, 3.05) is 23.7 Å². The first-order valence-electron chi connectivity index (χ1n) is 7.43. The molecule has 0 saturated heterocycles. The van der Waals surface area contributed by atoms with Crippen molar-refractivity contribution in [3.63, 3.8) is 0 Å². The lowest BCUT2D eigenvalue weighted by atomic mass is 10.3. The third-order valence-electron chi connectivity index (χ3n) is 3.37. The summed E-state index contributed by atoms with van der Waals surface area (Å²) < 4.78 is 0. The summed E-state index contributed by atoms with van der Waals surface area (Å²) in [4.78, 5) is 8.53. The van der Waals surface area contributed by atoms with Gasteiger partial charge in [-0.25, -0.2) is 9.97 Å². The number of aromatic amines is 1. The number of nitrogens with two attached hydrogens (primary N) is 1. The van der Waals surface area contributed by atoms with Crippen molar-refractivity contribution in [1.82, 2.24) is 20.2 Å². The smallest absolute Gasteiger partial charge is 0.162 e. The van der Waals surface area contributed by atoms with Gasteiger partial charge in [-0.2, -0.15) is 5.10 Å². The number of nitrogens with one attached hydrogen (secondary N) is 3. The maximum Gasteiger partial charge on any atom is 0.162 e. The van der Waals surface area contributed by atoms with Crippen molar-refractivity contribution in [3.05, 3.63) is 35.6 Å². The number of benzene rings is 1. The van der Waals surface area contributed by atoms with Crippen LogP contribution < -0.4 is 16.4 Å². The minimum Gasteiger partial charge on any atom is -0.368 e. The van der Waals surface area contributed by atoms with Gasteiger partial charge in [-0.05, 0) is 37.6 Å². The van der Waals surface area contributed by atoms with E-state index in [4.69, 9.17) is 17.3 Å². The molecule has 2 aromatic heterocycles. The molecule has 0 saturated carbocycles. The maximum atomic E-state index is 6.02. The van der Waals surface area contributed by atoms with Gasteiger partial charge in [0.2, 0.25) is 0 Å². The van der Waals surface area contributed by atoms with Crippen molar-refractivity contribution < 1.29 is 0 Å². The van der Waals surface area contributed by atoms with Gasteiger partial charge in [-0.3, -0.25) is 5.10 Å². The average molecular weight is 405 g/mol. The highest BCUT2D eigenvalue weighted by molar-refractivity contribution is 6.30. The number of aromatic nitrogens is 4. The molecule has 0 atom stereocenters. The van der Waals surface area contributed by atoms with Crippen LogP contribution in [-0.4, -0.2) is 33.3 Å². The van der Waals surface area contributed by atoms with Crippen LogP contribution in [0.4, 0.5) is 17.3 Å². The molecule has 0 unspecified atom stereocenters. The molecule has 0 radical (unpaired) electrons. The van der Waals surface area contributed by atoms with Crippen molar-refractivity contribution in [2.45, 2.75) is 12.8 Å². The van der Waals surface area contributed by atoms with Crippen LogP contribution in [0.15, 0.2) is 30.6 Å². The highest BCUT2D eigenvalue weighted by Crippen LogP contribution is 2.28. The highest BCUT2D eigenvalue weighted by Gasteiger charge is 2.12. The number of hydrogen-bond acceptors (Lipinski definition) is 6. The molecule has 7 nitrogen and oxygen atoms in total. The van der Waals surface area contributed by atoms with Crippen LogP contribution in [0, 0.1) is 0 Å². The number of hydrogen-bond donors (Lipinski definition) is 4. The molecule has 0 aliphatic heterocycles. The summed E-state index contributed by atoms with van der Waals surface area (Å²) in [5.74, 6) is 1.40. The summed E-state index contributed by atoms with van der Waals surface area (Å²) in [5, 5.41) is 15.2. The summed E-state index contributed by atoms with van der Waals surface area (Å²) in [6, 6.07) is 7.47. The largest absolute Gasteiger partial charge is 0.368 e. The topological polar surface area (TPSA) is 105 Å². The Morgan fingerprint density at radius 2 is 1.96 bits per heavy atom. The van der Waals surface area contributed by atoms with Gasteiger partial charge in [0.25, 0.3) is 0 Å². The van der Waals surface area contributed by atoms with Crippen LogP contribution in [-0.2, 0) is 0 Å². The summed E-state index contributed by atoms with van der Waals surface area (Å²) in [7, 11) is 0. The molecular weight excluding hydrogens is 385 g/mol. The molecule has 136 valence electrons. The summed E-state index contributed by atoms with van der Waals surface area (Å²) >= 11 is 6.02. The zero-order chi connectivity index (χ0) is 16.1. The van der Waals surface area contributed by atoms with E-state index in [2.05, 4.69) is 30.8 Å². The number of anilines is 3. The Balaban J connectivity index is 0.00000156. The predicted molar refractivity (Wildman–Crippen MR) is 108 cm³/mol. The molecule has 0 fully saturated rings. The highest BCUT2D eigenvalue weighted by atomic mass is 35.5. The second kappa shape index (κ2) is 10.2. The normalized spacial score (nSPS) is 10.0. The van der Waals surface area contributed by atoms with Gasteiger partial charge in [-0.15, -0.1) is 24.8 Å². The van der Waals surface area contributed by atoms with Crippen molar-refractivity contribution in [2.24, 2.45) is 5.73 Å². The van der Waals surface area contributed by atoms with Gasteiger partial charge in [0.15, 0.2) is 11.5 Å². The number of halogens is 3. The fourth-order valence-electron chi connectivity index (χ4n) is 2.26.